The minimum absolute atomic E-state index is 0.265. The smallest absolute Gasteiger partial charge is 0.243 e. The molecular weight excluding hydrogens is 416 g/mol. The summed E-state index contributed by atoms with van der Waals surface area (Å²) in [4.78, 5) is 15.2. The summed E-state index contributed by atoms with van der Waals surface area (Å²) < 4.78 is 32.5. The van der Waals surface area contributed by atoms with Crippen LogP contribution < -0.4 is 15.0 Å². The molecule has 0 saturated carbocycles. The maximum atomic E-state index is 12.9. The molecule has 0 aliphatic carbocycles. The van der Waals surface area contributed by atoms with Crippen LogP contribution in [0, 0.1) is 6.92 Å². The van der Waals surface area contributed by atoms with Crippen LogP contribution in [0.1, 0.15) is 5.56 Å². The average Bonchev–Trinajstić information content (AvgIpc) is 2.79. The molecule has 0 unspecified atom stereocenters. The molecule has 1 fully saturated rings. The molecule has 1 saturated heterocycles. The molecule has 1 aromatic carbocycles. The fourth-order valence-corrected chi connectivity index (χ4v) is 4.80. The molecule has 2 aromatic heterocycles. The zero-order valence-electron chi connectivity index (χ0n) is 17.4. The Hall–Kier alpha value is -3.24. The fourth-order valence-electron chi connectivity index (χ4n) is 3.38. The number of nitrogens with one attached hydrogen (secondary N) is 1. The van der Waals surface area contributed by atoms with Crippen molar-refractivity contribution < 1.29 is 13.2 Å². The van der Waals surface area contributed by atoms with Gasteiger partial charge in [0.15, 0.2) is 0 Å². The summed E-state index contributed by atoms with van der Waals surface area (Å²) >= 11 is 0. The normalized spacial score (nSPS) is 15.0. The third kappa shape index (κ3) is 4.75. The lowest BCUT2D eigenvalue weighted by molar-refractivity contribution is 0.383. The van der Waals surface area contributed by atoms with Crippen molar-refractivity contribution in [1.82, 2.24) is 19.3 Å². The molecule has 0 amide bonds. The van der Waals surface area contributed by atoms with Crippen LogP contribution in [0.4, 0.5) is 17.5 Å². The van der Waals surface area contributed by atoms with Crippen LogP contribution in [0.5, 0.6) is 5.75 Å². The summed E-state index contributed by atoms with van der Waals surface area (Å²) in [7, 11) is -2.00. The summed E-state index contributed by atoms with van der Waals surface area (Å²) in [6.07, 6.45) is 3.23. The lowest BCUT2D eigenvalue weighted by atomic mass is 10.3. The number of piperazine rings is 1. The van der Waals surface area contributed by atoms with Gasteiger partial charge in [-0.3, -0.25) is 0 Å². The predicted octanol–water partition coefficient (Wildman–Crippen LogP) is 2.44. The number of hydrogen-bond acceptors (Lipinski definition) is 8. The molecule has 10 heteroatoms. The molecule has 1 aliphatic heterocycles. The Kier molecular flexibility index (Phi) is 6.01. The van der Waals surface area contributed by atoms with Gasteiger partial charge in [0, 0.05) is 38.4 Å². The van der Waals surface area contributed by atoms with Gasteiger partial charge in [-0.1, -0.05) is 0 Å². The van der Waals surface area contributed by atoms with Crippen molar-refractivity contribution in [2.24, 2.45) is 0 Å². The quantitative estimate of drug-likeness (QED) is 0.624. The molecular formula is C21H24N6O3S. The second-order valence-electron chi connectivity index (χ2n) is 7.17. The van der Waals surface area contributed by atoms with Crippen molar-refractivity contribution in [2.75, 3.05) is 43.5 Å². The second-order valence-corrected chi connectivity index (χ2v) is 9.11. The average molecular weight is 441 g/mol. The van der Waals surface area contributed by atoms with E-state index in [-0.39, 0.29) is 4.90 Å². The van der Waals surface area contributed by atoms with E-state index in [4.69, 9.17) is 4.74 Å². The van der Waals surface area contributed by atoms with E-state index in [9.17, 15) is 8.42 Å². The van der Waals surface area contributed by atoms with Gasteiger partial charge >= 0.3 is 0 Å². The number of aromatic nitrogens is 3. The number of benzene rings is 1. The van der Waals surface area contributed by atoms with Gasteiger partial charge in [-0.15, -0.1) is 0 Å². The number of nitrogens with zero attached hydrogens (tertiary/aromatic N) is 5. The Bertz CT molecular complexity index is 1150. The minimum atomic E-state index is -3.55. The van der Waals surface area contributed by atoms with Crippen molar-refractivity contribution in [3.05, 3.63) is 60.6 Å². The maximum Gasteiger partial charge on any atom is 0.243 e. The van der Waals surface area contributed by atoms with Gasteiger partial charge in [-0.25, -0.2) is 23.4 Å². The summed E-state index contributed by atoms with van der Waals surface area (Å²) in [5.41, 5.74) is 1.10. The standard InChI is InChI=1S/C21H24N6O3S/c1-16-7-8-22-19(13-16)25-20-14-21(24-15-23-20)26-9-11-27(12-10-26)31(28,29)18-5-3-17(30-2)4-6-18/h3-8,13-15H,9-12H2,1-2H3,(H,22,23,24,25). The molecule has 0 atom stereocenters. The molecule has 4 rings (SSSR count). The van der Waals surface area contributed by atoms with Crippen molar-refractivity contribution in [1.29, 1.82) is 0 Å². The third-order valence-corrected chi connectivity index (χ3v) is 7.00. The van der Waals surface area contributed by atoms with Gasteiger partial charge in [0.25, 0.3) is 0 Å². The number of ether oxygens (including phenoxy) is 1. The molecule has 0 radical (unpaired) electrons. The summed E-state index contributed by atoms with van der Waals surface area (Å²) in [6.45, 7) is 3.82. The van der Waals surface area contributed by atoms with E-state index in [0.29, 0.717) is 43.6 Å². The van der Waals surface area contributed by atoms with Crippen LogP contribution >= 0.6 is 0 Å². The van der Waals surface area contributed by atoms with Crippen molar-refractivity contribution in [3.63, 3.8) is 0 Å². The van der Waals surface area contributed by atoms with Crippen molar-refractivity contribution >= 4 is 27.5 Å². The Morgan fingerprint density at radius 3 is 2.32 bits per heavy atom. The molecule has 31 heavy (non-hydrogen) atoms. The zero-order chi connectivity index (χ0) is 21.8. The highest BCUT2D eigenvalue weighted by Gasteiger charge is 2.29. The van der Waals surface area contributed by atoms with E-state index >= 15 is 0 Å². The number of sulfonamides is 1. The Balaban J connectivity index is 1.42. The van der Waals surface area contributed by atoms with Gasteiger partial charge in [0.1, 0.15) is 29.5 Å². The first-order chi connectivity index (χ1) is 15.0. The van der Waals surface area contributed by atoms with Crippen LogP contribution in [-0.2, 0) is 10.0 Å². The Labute approximate surface area is 181 Å². The Morgan fingerprint density at radius 1 is 0.935 bits per heavy atom. The topological polar surface area (TPSA) is 101 Å². The van der Waals surface area contributed by atoms with Gasteiger partial charge in [-0.05, 0) is 48.9 Å². The largest absolute Gasteiger partial charge is 0.497 e. The van der Waals surface area contributed by atoms with Gasteiger partial charge in [-0.2, -0.15) is 4.31 Å². The molecule has 1 aliphatic rings. The van der Waals surface area contributed by atoms with E-state index in [1.165, 1.54) is 10.6 Å². The summed E-state index contributed by atoms with van der Waals surface area (Å²) in [5.74, 6) is 2.71. The molecule has 9 nitrogen and oxygen atoms in total. The number of hydrogen-bond donors (Lipinski definition) is 1. The van der Waals surface area contributed by atoms with Crippen molar-refractivity contribution in [3.8, 4) is 5.75 Å². The van der Waals surface area contributed by atoms with Gasteiger partial charge in [0.2, 0.25) is 10.0 Å². The first-order valence-corrected chi connectivity index (χ1v) is 11.3. The predicted molar refractivity (Wildman–Crippen MR) is 118 cm³/mol. The van der Waals surface area contributed by atoms with Crippen LogP contribution in [0.15, 0.2) is 59.9 Å². The first-order valence-electron chi connectivity index (χ1n) is 9.86. The molecule has 0 bridgehead atoms. The van der Waals surface area contributed by atoms with E-state index < -0.39 is 10.0 Å². The van der Waals surface area contributed by atoms with Gasteiger partial charge in [0.05, 0.1) is 12.0 Å². The van der Waals surface area contributed by atoms with Crippen molar-refractivity contribution in [2.45, 2.75) is 11.8 Å². The SMILES string of the molecule is COc1ccc(S(=O)(=O)N2CCN(c3cc(Nc4cc(C)ccn4)ncn3)CC2)cc1. The monoisotopic (exact) mass is 440 g/mol. The van der Waals surface area contributed by atoms with E-state index in [1.807, 2.05) is 25.1 Å². The van der Waals surface area contributed by atoms with E-state index in [0.717, 1.165) is 11.4 Å². The van der Waals surface area contributed by atoms with Crippen LogP contribution in [0.2, 0.25) is 0 Å². The lowest BCUT2D eigenvalue weighted by Crippen LogP contribution is -2.48. The number of rotatable bonds is 6. The zero-order valence-corrected chi connectivity index (χ0v) is 18.2. The van der Waals surface area contributed by atoms with Gasteiger partial charge < -0.3 is 15.0 Å². The highest BCUT2D eigenvalue weighted by Crippen LogP contribution is 2.23. The first kappa shape index (κ1) is 21.0. The maximum absolute atomic E-state index is 12.9. The highest BCUT2D eigenvalue weighted by atomic mass is 32.2. The fraction of sp³-hybridized carbons (Fsp3) is 0.286. The third-order valence-electron chi connectivity index (χ3n) is 5.08. The molecule has 162 valence electrons. The Morgan fingerprint density at radius 2 is 1.65 bits per heavy atom. The summed E-state index contributed by atoms with van der Waals surface area (Å²) in [5, 5.41) is 3.18. The number of aryl methyl sites for hydroxylation is 1. The second kappa shape index (κ2) is 8.86. The minimum Gasteiger partial charge on any atom is -0.497 e. The van der Waals surface area contributed by atoms with Crippen LogP contribution in [0.3, 0.4) is 0 Å². The molecule has 3 aromatic rings. The number of methoxy groups -OCH3 is 1. The number of anilines is 3. The molecule has 1 N–H and O–H groups in total. The van der Waals surface area contributed by atoms with E-state index in [1.54, 1.807) is 37.6 Å². The summed E-state index contributed by atoms with van der Waals surface area (Å²) in [6, 6.07) is 12.2. The lowest BCUT2D eigenvalue weighted by Gasteiger charge is -2.34. The molecule has 3 heterocycles. The van der Waals surface area contributed by atoms with Crippen LogP contribution in [0.25, 0.3) is 0 Å². The highest BCUT2D eigenvalue weighted by molar-refractivity contribution is 7.89. The van der Waals surface area contributed by atoms with E-state index in [2.05, 4.69) is 25.2 Å². The number of pyridine rings is 1. The molecule has 0 spiro atoms. The van der Waals surface area contributed by atoms with Crippen LogP contribution in [-0.4, -0.2) is 61.0 Å².